The third-order valence-corrected chi connectivity index (χ3v) is 3.31. The number of aliphatic hydroxyl groups excluding tert-OH is 1. The first kappa shape index (κ1) is 18.8. The van der Waals surface area contributed by atoms with Crippen LogP contribution in [0.4, 0.5) is 0 Å². The third-order valence-electron chi connectivity index (χ3n) is 3.31. The Hall–Kier alpha value is -2.27. The molecule has 0 aliphatic carbocycles. The van der Waals surface area contributed by atoms with E-state index in [0.29, 0.717) is 12.4 Å². The maximum Gasteiger partial charge on any atom is 0.341 e. The van der Waals surface area contributed by atoms with Gasteiger partial charge in [0.25, 0.3) is 0 Å². The molecule has 0 amide bonds. The molecule has 23 heavy (non-hydrogen) atoms. The Morgan fingerprint density at radius 2 is 1.96 bits per heavy atom. The van der Waals surface area contributed by atoms with Crippen molar-refractivity contribution in [2.24, 2.45) is 0 Å². The molecule has 0 atom stereocenters. The fourth-order valence-corrected chi connectivity index (χ4v) is 1.94. The first-order valence-corrected chi connectivity index (χ1v) is 7.44. The zero-order valence-corrected chi connectivity index (χ0v) is 13.8. The van der Waals surface area contributed by atoms with E-state index in [0.717, 1.165) is 24.0 Å². The molecule has 0 unspecified atom stereocenters. The molecule has 5 heteroatoms. The normalized spacial score (nSPS) is 12.2. The minimum atomic E-state index is -0.587. The minimum absolute atomic E-state index is 0.0721. The van der Waals surface area contributed by atoms with Crippen LogP contribution in [0.25, 0.3) is 0 Å². The standard InChI is InChI=1S/C18H24O5/c1-13(9-10-19)5-4-6-14(2)12-23-15-7-8-16(17(20)11-15)18(21)22-3/h6-9,11,19-20H,4-5,10,12H2,1-3H3/b13-9+,14-6+. The van der Waals surface area contributed by atoms with Gasteiger partial charge in [-0.25, -0.2) is 4.79 Å². The van der Waals surface area contributed by atoms with Gasteiger partial charge in [-0.3, -0.25) is 0 Å². The van der Waals surface area contributed by atoms with Crippen LogP contribution in [0.15, 0.2) is 41.5 Å². The van der Waals surface area contributed by atoms with Gasteiger partial charge in [-0.2, -0.15) is 0 Å². The molecule has 1 aromatic carbocycles. The van der Waals surface area contributed by atoms with Crippen LogP contribution >= 0.6 is 0 Å². The summed E-state index contributed by atoms with van der Waals surface area (Å²) in [5, 5.41) is 18.6. The van der Waals surface area contributed by atoms with Gasteiger partial charge in [0.15, 0.2) is 0 Å². The summed E-state index contributed by atoms with van der Waals surface area (Å²) in [6, 6.07) is 4.49. The molecule has 0 aliphatic heterocycles. The molecule has 5 nitrogen and oxygen atoms in total. The summed E-state index contributed by atoms with van der Waals surface area (Å²) in [7, 11) is 1.26. The highest BCUT2D eigenvalue weighted by Gasteiger charge is 2.11. The molecule has 0 saturated heterocycles. The molecule has 0 fully saturated rings. The van der Waals surface area contributed by atoms with Gasteiger partial charge in [0.2, 0.25) is 0 Å². The van der Waals surface area contributed by atoms with E-state index in [1.807, 2.05) is 13.8 Å². The molecular formula is C18H24O5. The second kappa shape index (κ2) is 9.69. The summed E-state index contributed by atoms with van der Waals surface area (Å²) in [5.41, 5.74) is 2.33. The minimum Gasteiger partial charge on any atom is -0.507 e. The second-order valence-electron chi connectivity index (χ2n) is 5.28. The number of allylic oxidation sites excluding steroid dienone is 2. The predicted molar refractivity (Wildman–Crippen MR) is 88.8 cm³/mol. The van der Waals surface area contributed by atoms with Crippen LogP contribution in [0.3, 0.4) is 0 Å². The Bertz CT molecular complexity index is 587. The van der Waals surface area contributed by atoms with Crippen molar-refractivity contribution >= 4 is 5.97 Å². The second-order valence-corrected chi connectivity index (χ2v) is 5.28. The monoisotopic (exact) mass is 320 g/mol. The van der Waals surface area contributed by atoms with E-state index in [1.54, 1.807) is 12.1 Å². The van der Waals surface area contributed by atoms with Crippen LogP contribution in [0.5, 0.6) is 11.5 Å². The number of aromatic hydroxyl groups is 1. The van der Waals surface area contributed by atoms with E-state index >= 15 is 0 Å². The van der Waals surface area contributed by atoms with Crippen LogP contribution in [-0.2, 0) is 4.74 Å². The number of esters is 1. The molecular weight excluding hydrogens is 296 g/mol. The molecule has 0 radical (unpaired) electrons. The number of phenolic OH excluding ortho intramolecular Hbond substituents is 1. The van der Waals surface area contributed by atoms with Crippen molar-refractivity contribution in [1.82, 2.24) is 0 Å². The van der Waals surface area contributed by atoms with Gasteiger partial charge < -0.3 is 19.7 Å². The SMILES string of the molecule is COC(=O)c1ccc(OC/C(C)=C/CC/C(C)=C/CO)cc1O. The van der Waals surface area contributed by atoms with Crippen LogP contribution < -0.4 is 4.74 Å². The molecule has 0 heterocycles. The van der Waals surface area contributed by atoms with E-state index in [-0.39, 0.29) is 17.9 Å². The Morgan fingerprint density at radius 3 is 2.57 bits per heavy atom. The lowest BCUT2D eigenvalue weighted by molar-refractivity contribution is 0.0597. The average Bonchev–Trinajstić information content (AvgIpc) is 2.52. The fraction of sp³-hybridized carbons (Fsp3) is 0.389. The van der Waals surface area contributed by atoms with Crippen LogP contribution in [0, 0.1) is 0 Å². The molecule has 2 N–H and O–H groups in total. The summed E-state index contributed by atoms with van der Waals surface area (Å²) in [6.45, 7) is 4.43. The van der Waals surface area contributed by atoms with Gasteiger partial charge in [0, 0.05) is 6.07 Å². The first-order chi connectivity index (χ1) is 11.0. The van der Waals surface area contributed by atoms with Gasteiger partial charge in [-0.1, -0.05) is 17.7 Å². The summed E-state index contributed by atoms with van der Waals surface area (Å²) < 4.78 is 10.2. The van der Waals surface area contributed by atoms with E-state index in [2.05, 4.69) is 10.8 Å². The number of carbonyl (C=O) groups excluding carboxylic acids is 1. The number of hydrogen-bond acceptors (Lipinski definition) is 5. The molecule has 126 valence electrons. The van der Waals surface area contributed by atoms with Crippen LogP contribution in [0.2, 0.25) is 0 Å². The zero-order chi connectivity index (χ0) is 17.2. The highest BCUT2D eigenvalue weighted by Crippen LogP contribution is 2.24. The summed E-state index contributed by atoms with van der Waals surface area (Å²) in [5.74, 6) is -0.267. The smallest absolute Gasteiger partial charge is 0.341 e. The predicted octanol–water partition coefficient (Wildman–Crippen LogP) is 3.22. The number of hydrogen-bond donors (Lipinski definition) is 2. The number of aliphatic hydroxyl groups is 1. The van der Waals surface area contributed by atoms with Crippen molar-refractivity contribution in [3.8, 4) is 11.5 Å². The maximum absolute atomic E-state index is 11.4. The van der Waals surface area contributed by atoms with Crippen molar-refractivity contribution in [3.05, 3.63) is 47.1 Å². The number of phenols is 1. The zero-order valence-electron chi connectivity index (χ0n) is 13.8. The topological polar surface area (TPSA) is 76.0 Å². The van der Waals surface area contributed by atoms with E-state index in [1.165, 1.54) is 19.2 Å². The summed E-state index contributed by atoms with van der Waals surface area (Å²) >= 11 is 0. The lowest BCUT2D eigenvalue weighted by Gasteiger charge is -2.09. The van der Waals surface area contributed by atoms with Crippen molar-refractivity contribution in [1.29, 1.82) is 0 Å². The van der Waals surface area contributed by atoms with Gasteiger partial charge in [-0.05, 0) is 44.4 Å². The first-order valence-electron chi connectivity index (χ1n) is 7.44. The molecule has 1 rings (SSSR count). The lowest BCUT2D eigenvalue weighted by atomic mass is 10.1. The molecule has 0 aliphatic rings. The van der Waals surface area contributed by atoms with Crippen LogP contribution in [-0.4, -0.2) is 36.5 Å². The maximum atomic E-state index is 11.4. The van der Waals surface area contributed by atoms with E-state index < -0.39 is 5.97 Å². The van der Waals surface area contributed by atoms with E-state index in [9.17, 15) is 9.90 Å². The van der Waals surface area contributed by atoms with Crippen molar-refractivity contribution < 1.29 is 24.5 Å². The van der Waals surface area contributed by atoms with Gasteiger partial charge in [0.05, 0.1) is 13.7 Å². The highest BCUT2D eigenvalue weighted by atomic mass is 16.5. The number of ether oxygens (including phenoxy) is 2. The summed E-state index contributed by atoms with van der Waals surface area (Å²) in [4.78, 5) is 11.4. The number of carbonyl (C=O) groups is 1. The number of benzene rings is 1. The van der Waals surface area contributed by atoms with Gasteiger partial charge in [-0.15, -0.1) is 0 Å². The van der Waals surface area contributed by atoms with Crippen molar-refractivity contribution in [3.63, 3.8) is 0 Å². The lowest BCUT2D eigenvalue weighted by Crippen LogP contribution is -2.03. The molecule has 0 bridgehead atoms. The largest absolute Gasteiger partial charge is 0.507 e. The fourth-order valence-electron chi connectivity index (χ4n) is 1.94. The quantitative estimate of drug-likeness (QED) is 0.568. The molecule has 0 spiro atoms. The molecule has 0 aromatic heterocycles. The molecule has 1 aromatic rings. The Balaban J connectivity index is 2.53. The Labute approximate surface area is 136 Å². The van der Waals surface area contributed by atoms with Crippen molar-refractivity contribution in [2.45, 2.75) is 26.7 Å². The highest BCUT2D eigenvalue weighted by molar-refractivity contribution is 5.92. The summed E-state index contributed by atoms with van der Waals surface area (Å²) in [6.07, 6.45) is 5.65. The third kappa shape index (κ3) is 6.57. The van der Waals surface area contributed by atoms with Crippen LogP contribution in [0.1, 0.15) is 37.0 Å². The number of rotatable bonds is 8. The van der Waals surface area contributed by atoms with E-state index in [4.69, 9.17) is 9.84 Å². The van der Waals surface area contributed by atoms with Gasteiger partial charge in [0.1, 0.15) is 23.7 Å². The van der Waals surface area contributed by atoms with Gasteiger partial charge >= 0.3 is 5.97 Å². The van der Waals surface area contributed by atoms with Crippen molar-refractivity contribution in [2.75, 3.05) is 20.3 Å². The average molecular weight is 320 g/mol. The Morgan fingerprint density at radius 1 is 1.22 bits per heavy atom. The molecule has 0 saturated carbocycles. The number of methoxy groups -OCH3 is 1. The Kier molecular flexibility index (Phi) is 7.91.